The topological polar surface area (TPSA) is 26.3 Å². The molecule has 2 unspecified atom stereocenters. The number of rotatable bonds is 3. The van der Waals surface area contributed by atoms with Crippen molar-refractivity contribution in [1.29, 1.82) is 0 Å². The molecule has 0 aliphatic heterocycles. The molecule has 0 amide bonds. The monoisotopic (exact) mass is 160 g/mol. The van der Waals surface area contributed by atoms with Crippen molar-refractivity contribution in [3.63, 3.8) is 0 Å². The zero-order valence-corrected chi connectivity index (χ0v) is 7.10. The van der Waals surface area contributed by atoms with Crippen molar-refractivity contribution in [1.82, 2.24) is 0 Å². The second kappa shape index (κ2) is 4.39. The van der Waals surface area contributed by atoms with Crippen LogP contribution in [-0.2, 0) is 9.53 Å². The third-order valence-electron chi connectivity index (χ3n) is 1.29. The number of ether oxygens (including phenoxy) is 1. The highest BCUT2D eigenvalue weighted by Crippen LogP contribution is 2.10. The Morgan fingerprint density at radius 1 is 1.70 bits per heavy atom. The molecule has 0 saturated heterocycles. The van der Waals surface area contributed by atoms with Crippen LogP contribution in [0.4, 0.5) is 0 Å². The molecule has 0 N–H and O–H groups in total. The highest BCUT2D eigenvalue weighted by molar-refractivity contribution is 7.81. The Bertz CT molecular complexity index is 132. The Balaban J connectivity index is 3.81. The van der Waals surface area contributed by atoms with E-state index >= 15 is 0 Å². The molecule has 0 heterocycles. The largest absolute Gasteiger partial charge is 0.435 e. The first-order valence-electron chi connectivity index (χ1n) is 3.09. The minimum absolute atomic E-state index is 0.0208. The van der Waals surface area contributed by atoms with Gasteiger partial charge in [0.15, 0.2) is 0 Å². The van der Waals surface area contributed by atoms with E-state index in [1.165, 1.54) is 0 Å². The zero-order chi connectivity index (χ0) is 8.15. The van der Waals surface area contributed by atoms with E-state index in [1.807, 2.05) is 6.92 Å². The molecule has 10 heavy (non-hydrogen) atoms. The predicted octanol–water partition coefficient (Wildman–Crippen LogP) is 1.63. The smallest absolute Gasteiger partial charge is 0.314 e. The zero-order valence-electron chi connectivity index (χ0n) is 6.20. The van der Waals surface area contributed by atoms with Gasteiger partial charge in [0.2, 0.25) is 0 Å². The highest BCUT2D eigenvalue weighted by Gasteiger charge is 2.17. The van der Waals surface area contributed by atoms with Crippen molar-refractivity contribution < 1.29 is 9.53 Å². The maximum absolute atomic E-state index is 10.8. The third kappa shape index (κ3) is 2.92. The van der Waals surface area contributed by atoms with Crippen molar-refractivity contribution >= 4 is 18.6 Å². The second-order valence-electron chi connectivity index (χ2n) is 2.13. The molecule has 0 spiro atoms. The minimum atomic E-state index is -0.280. The van der Waals surface area contributed by atoms with Gasteiger partial charge in [-0.1, -0.05) is 20.4 Å². The van der Waals surface area contributed by atoms with E-state index in [0.29, 0.717) is 0 Å². The van der Waals surface area contributed by atoms with E-state index in [2.05, 4.69) is 23.9 Å². The number of hydrogen-bond donors (Lipinski definition) is 1. The molecule has 0 aromatic heterocycles. The van der Waals surface area contributed by atoms with Crippen LogP contribution in [0.25, 0.3) is 0 Å². The normalized spacial score (nSPS) is 15.5. The van der Waals surface area contributed by atoms with Gasteiger partial charge in [-0.3, -0.25) is 4.79 Å². The molecule has 0 saturated carbocycles. The molecule has 58 valence electrons. The number of carbonyl (C=O) groups is 1. The minimum Gasteiger partial charge on any atom is -0.435 e. The van der Waals surface area contributed by atoms with E-state index in [0.717, 1.165) is 6.26 Å². The summed E-state index contributed by atoms with van der Waals surface area (Å²) in [7, 11) is 0. The lowest BCUT2D eigenvalue weighted by Gasteiger charge is -2.10. The summed E-state index contributed by atoms with van der Waals surface area (Å²) in [5, 5.41) is 0.0208. The molecule has 0 aliphatic rings. The summed E-state index contributed by atoms with van der Waals surface area (Å²) in [5.41, 5.74) is 0. The van der Waals surface area contributed by atoms with Gasteiger partial charge in [0.25, 0.3) is 0 Å². The van der Waals surface area contributed by atoms with Crippen molar-refractivity contribution in [2.75, 3.05) is 0 Å². The number of carbonyl (C=O) groups excluding carboxylic acids is 1. The molecule has 2 nitrogen and oxygen atoms in total. The Hall–Kier alpha value is -0.440. The Morgan fingerprint density at radius 2 is 2.20 bits per heavy atom. The molecule has 0 radical (unpaired) electrons. The molecule has 0 aromatic carbocycles. The van der Waals surface area contributed by atoms with Gasteiger partial charge in [-0.15, -0.1) is 0 Å². The van der Waals surface area contributed by atoms with Crippen LogP contribution in [0.5, 0.6) is 0 Å². The SMILES string of the molecule is C=COC(=O)C(C)C(C)S. The molecule has 0 rings (SSSR count). The average molecular weight is 160 g/mol. The van der Waals surface area contributed by atoms with Crippen LogP contribution in [0.3, 0.4) is 0 Å². The third-order valence-corrected chi connectivity index (χ3v) is 1.74. The van der Waals surface area contributed by atoms with Crippen molar-refractivity contribution in [3.8, 4) is 0 Å². The standard InChI is InChI=1S/C7H12O2S/c1-4-9-7(8)5(2)6(3)10/h4-6,10H,1H2,2-3H3. The fourth-order valence-corrected chi connectivity index (χ4v) is 0.508. The maximum atomic E-state index is 10.8. The molecular formula is C7H12O2S. The van der Waals surface area contributed by atoms with Gasteiger partial charge in [0.1, 0.15) is 0 Å². The summed E-state index contributed by atoms with van der Waals surface area (Å²) >= 11 is 4.09. The number of esters is 1. The van der Waals surface area contributed by atoms with Gasteiger partial charge >= 0.3 is 5.97 Å². The van der Waals surface area contributed by atoms with Crippen LogP contribution in [0.15, 0.2) is 12.8 Å². The second-order valence-corrected chi connectivity index (χ2v) is 2.95. The first-order valence-corrected chi connectivity index (χ1v) is 3.60. The van der Waals surface area contributed by atoms with Crippen LogP contribution in [0.1, 0.15) is 13.8 Å². The predicted molar refractivity (Wildman–Crippen MR) is 43.9 cm³/mol. The Labute approximate surface area is 66.7 Å². The fraction of sp³-hybridized carbons (Fsp3) is 0.571. The fourth-order valence-electron chi connectivity index (χ4n) is 0.386. The van der Waals surface area contributed by atoms with Gasteiger partial charge in [0, 0.05) is 5.25 Å². The lowest BCUT2D eigenvalue weighted by atomic mass is 10.1. The van der Waals surface area contributed by atoms with Crippen LogP contribution in [0, 0.1) is 5.92 Å². The van der Waals surface area contributed by atoms with Crippen molar-refractivity contribution in [3.05, 3.63) is 12.8 Å². The van der Waals surface area contributed by atoms with Gasteiger partial charge in [-0.05, 0) is 0 Å². The van der Waals surface area contributed by atoms with E-state index in [4.69, 9.17) is 0 Å². The van der Waals surface area contributed by atoms with Crippen LogP contribution < -0.4 is 0 Å². The average Bonchev–Trinajstić information content (AvgIpc) is 1.87. The molecule has 0 aromatic rings. The maximum Gasteiger partial charge on any atom is 0.314 e. The number of hydrogen-bond acceptors (Lipinski definition) is 3. The molecule has 0 aliphatic carbocycles. The molecule has 0 bridgehead atoms. The highest BCUT2D eigenvalue weighted by atomic mass is 32.1. The van der Waals surface area contributed by atoms with E-state index in [9.17, 15) is 4.79 Å². The summed E-state index contributed by atoms with van der Waals surface area (Å²) < 4.78 is 4.54. The molecule has 0 fully saturated rings. The summed E-state index contributed by atoms with van der Waals surface area (Å²) in [5.74, 6) is -0.459. The van der Waals surface area contributed by atoms with Gasteiger partial charge in [-0.25, -0.2) is 0 Å². The summed E-state index contributed by atoms with van der Waals surface area (Å²) in [6.07, 6.45) is 1.13. The first kappa shape index (κ1) is 9.56. The van der Waals surface area contributed by atoms with Crippen molar-refractivity contribution in [2.45, 2.75) is 19.1 Å². The Kier molecular flexibility index (Phi) is 4.19. The van der Waals surface area contributed by atoms with Crippen LogP contribution in [0.2, 0.25) is 0 Å². The molecule has 2 atom stereocenters. The van der Waals surface area contributed by atoms with E-state index < -0.39 is 0 Å². The summed E-state index contributed by atoms with van der Waals surface area (Å²) in [6.45, 7) is 6.89. The van der Waals surface area contributed by atoms with E-state index in [-0.39, 0.29) is 17.1 Å². The summed E-state index contributed by atoms with van der Waals surface area (Å²) in [4.78, 5) is 10.8. The summed E-state index contributed by atoms with van der Waals surface area (Å²) in [6, 6.07) is 0. The van der Waals surface area contributed by atoms with Crippen LogP contribution >= 0.6 is 12.6 Å². The Morgan fingerprint density at radius 3 is 2.50 bits per heavy atom. The number of thiol groups is 1. The van der Waals surface area contributed by atoms with Crippen LogP contribution in [-0.4, -0.2) is 11.2 Å². The quantitative estimate of drug-likeness (QED) is 0.386. The first-order chi connectivity index (χ1) is 4.59. The van der Waals surface area contributed by atoms with Gasteiger partial charge in [-0.2, -0.15) is 12.6 Å². The molecular weight excluding hydrogens is 148 g/mol. The van der Waals surface area contributed by atoms with E-state index in [1.54, 1.807) is 6.92 Å². The lowest BCUT2D eigenvalue weighted by molar-refractivity contribution is -0.141. The lowest BCUT2D eigenvalue weighted by Crippen LogP contribution is -2.19. The van der Waals surface area contributed by atoms with Gasteiger partial charge in [0.05, 0.1) is 12.2 Å². The molecule has 3 heteroatoms. The van der Waals surface area contributed by atoms with Crippen molar-refractivity contribution in [2.24, 2.45) is 5.92 Å². The van der Waals surface area contributed by atoms with Gasteiger partial charge < -0.3 is 4.74 Å².